The van der Waals surface area contributed by atoms with Crippen molar-refractivity contribution in [1.82, 2.24) is 20.4 Å². The average Bonchev–Trinajstić information content (AvgIpc) is 3.18. The minimum absolute atomic E-state index is 0.0607. The van der Waals surface area contributed by atoms with E-state index in [2.05, 4.69) is 20.4 Å². The molecule has 0 saturated heterocycles. The molecule has 8 heteroatoms. The van der Waals surface area contributed by atoms with Crippen LogP contribution in [0.4, 0.5) is 0 Å². The van der Waals surface area contributed by atoms with Gasteiger partial charge in [-0.3, -0.25) is 0 Å². The van der Waals surface area contributed by atoms with Crippen LogP contribution in [0.1, 0.15) is 44.7 Å². The molecule has 3 rings (SSSR count). The molecule has 1 atom stereocenters. The molecular formula is C14H16N4O2S2. The molecule has 0 N–H and O–H groups in total. The molecule has 6 nitrogen and oxygen atoms in total. The first kappa shape index (κ1) is 15.2. The van der Waals surface area contributed by atoms with Gasteiger partial charge in [0.2, 0.25) is 11.8 Å². The summed E-state index contributed by atoms with van der Waals surface area (Å²) in [6.07, 6.45) is 0. The van der Waals surface area contributed by atoms with Crippen molar-refractivity contribution >= 4 is 23.1 Å². The summed E-state index contributed by atoms with van der Waals surface area (Å²) in [7, 11) is 0. The molecule has 0 aliphatic rings. The lowest BCUT2D eigenvalue weighted by Gasteiger charge is -2.11. The third-order valence-corrected chi connectivity index (χ3v) is 4.63. The summed E-state index contributed by atoms with van der Waals surface area (Å²) in [5, 5.41) is 18.7. The van der Waals surface area contributed by atoms with Crippen LogP contribution in [0, 0.1) is 0 Å². The van der Waals surface area contributed by atoms with E-state index < -0.39 is 0 Å². The average molecular weight is 336 g/mol. The lowest BCUT2D eigenvalue weighted by Crippen LogP contribution is -2.11. The predicted octanol–water partition coefficient (Wildman–Crippen LogP) is 4.33. The van der Waals surface area contributed by atoms with Crippen LogP contribution in [0.2, 0.25) is 0 Å². The van der Waals surface area contributed by atoms with Crippen molar-refractivity contribution in [2.24, 2.45) is 0 Å². The maximum atomic E-state index is 5.71. The molecule has 116 valence electrons. The first-order valence-corrected chi connectivity index (χ1v) is 8.57. The quantitative estimate of drug-likeness (QED) is 0.656. The Kier molecular flexibility index (Phi) is 4.05. The molecule has 0 saturated carbocycles. The number of hydrogen-bond acceptors (Lipinski definition) is 8. The molecule has 3 aromatic heterocycles. The SMILES string of the molecule is C[C@H](Sc1nnc(C(C)(C)C)o1)c1nnc(-c2cccs2)o1. The van der Waals surface area contributed by atoms with Gasteiger partial charge >= 0.3 is 0 Å². The molecule has 0 bridgehead atoms. The lowest BCUT2D eigenvalue weighted by molar-refractivity contribution is 0.346. The van der Waals surface area contributed by atoms with E-state index in [1.807, 2.05) is 45.2 Å². The minimum Gasteiger partial charge on any atom is -0.419 e. The van der Waals surface area contributed by atoms with E-state index in [9.17, 15) is 0 Å². The number of thiophene rings is 1. The fourth-order valence-corrected chi connectivity index (χ4v) is 3.02. The van der Waals surface area contributed by atoms with Gasteiger partial charge in [0, 0.05) is 5.41 Å². The van der Waals surface area contributed by atoms with Crippen LogP contribution in [0.25, 0.3) is 10.8 Å². The van der Waals surface area contributed by atoms with Crippen LogP contribution in [0.3, 0.4) is 0 Å². The van der Waals surface area contributed by atoms with Gasteiger partial charge < -0.3 is 8.83 Å². The van der Waals surface area contributed by atoms with Crippen molar-refractivity contribution in [3.63, 3.8) is 0 Å². The highest BCUT2D eigenvalue weighted by Gasteiger charge is 2.24. The molecule has 3 aromatic rings. The van der Waals surface area contributed by atoms with Crippen molar-refractivity contribution in [1.29, 1.82) is 0 Å². The maximum absolute atomic E-state index is 5.71. The molecule has 0 amide bonds. The van der Waals surface area contributed by atoms with Crippen molar-refractivity contribution in [2.45, 2.75) is 43.6 Å². The van der Waals surface area contributed by atoms with Gasteiger partial charge in [-0.1, -0.05) is 38.6 Å². The second-order valence-corrected chi connectivity index (χ2v) is 8.05. The zero-order valence-corrected chi connectivity index (χ0v) is 14.4. The van der Waals surface area contributed by atoms with Crippen molar-refractivity contribution in [3.8, 4) is 10.8 Å². The van der Waals surface area contributed by atoms with Crippen molar-refractivity contribution in [3.05, 3.63) is 29.3 Å². The molecule has 0 aliphatic heterocycles. The lowest BCUT2D eigenvalue weighted by atomic mass is 9.97. The Morgan fingerprint density at radius 2 is 1.95 bits per heavy atom. The number of thioether (sulfide) groups is 1. The molecule has 0 unspecified atom stereocenters. The predicted molar refractivity (Wildman–Crippen MR) is 84.9 cm³/mol. The van der Waals surface area contributed by atoms with Gasteiger partial charge in [0.1, 0.15) is 0 Å². The van der Waals surface area contributed by atoms with Crippen LogP contribution in [-0.2, 0) is 5.41 Å². The monoisotopic (exact) mass is 336 g/mol. The van der Waals surface area contributed by atoms with Gasteiger partial charge in [0.15, 0.2) is 0 Å². The van der Waals surface area contributed by atoms with E-state index in [0.717, 1.165) is 4.88 Å². The smallest absolute Gasteiger partial charge is 0.277 e. The summed E-state index contributed by atoms with van der Waals surface area (Å²) in [5.74, 6) is 1.70. The highest BCUT2D eigenvalue weighted by atomic mass is 32.2. The van der Waals surface area contributed by atoms with Gasteiger partial charge in [-0.2, -0.15) is 0 Å². The first-order valence-electron chi connectivity index (χ1n) is 6.81. The topological polar surface area (TPSA) is 77.8 Å². The van der Waals surface area contributed by atoms with E-state index in [1.165, 1.54) is 11.8 Å². The molecule has 0 spiro atoms. The highest BCUT2D eigenvalue weighted by Crippen LogP contribution is 2.36. The third-order valence-electron chi connectivity index (χ3n) is 2.85. The molecule has 0 fully saturated rings. The van der Waals surface area contributed by atoms with Crippen LogP contribution in [-0.4, -0.2) is 20.4 Å². The van der Waals surface area contributed by atoms with E-state index in [4.69, 9.17) is 8.83 Å². The van der Waals surface area contributed by atoms with E-state index in [1.54, 1.807) is 11.3 Å². The van der Waals surface area contributed by atoms with Crippen molar-refractivity contribution < 1.29 is 8.83 Å². The van der Waals surface area contributed by atoms with Gasteiger partial charge in [-0.25, -0.2) is 0 Å². The fraction of sp³-hybridized carbons (Fsp3) is 0.429. The van der Waals surface area contributed by atoms with Crippen LogP contribution in [0.15, 0.2) is 31.6 Å². The fourth-order valence-electron chi connectivity index (χ4n) is 1.66. The second kappa shape index (κ2) is 5.85. The Morgan fingerprint density at radius 1 is 1.14 bits per heavy atom. The molecular weight excluding hydrogens is 320 g/mol. The third kappa shape index (κ3) is 3.22. The first-order chi connectivity index (χ1) is 10.4. The van der Waals surface area contributed by atoms with Crippen LogP contribution in [0.5, 0.6) is 0 Å². The highest BCUT2D eigenvalue weighted by molar-refractivity contribution is 7.99. The van der Waals surface area contributed by atoms with E-state index >= 15 is 0 Å². The largest absolute Gasteiger partial charge is 0.419 e. The summed E-state index contributed by atoms with van der Waals surface area (Å²) in [6, 6.07) is 3.90. The molecule has 0 aromatic carbocycles. The number of aromatic nitrogens is 4. The van der Waals surface area contributed by atoms with Gasteiger partial charge in [-0.05, 0) is 18.4 Å². The Morgan fingerprint density at radius 3 is 2.59 bits per heavy atom. The zero-order valence-electron chi connectivity index (χ0n) is 12.7. The summed E-state index contributed by atoms with van der Waals surface area (Å²) in [6.45, 7) is 8.06. The number of hydrogen-bond donors (Lipinski definition) is 0. The molecule has 3 heterocycles. The summed E-state index contributed by atoms with van der Waals surface area (Å²) in [4.78, 5) is 0.962. The van der Waals surface area contributed by atoms with Gasteiger partial charge in [-0.15, -0.1) is 31.7 Å². The normalized spacial score (nSPS) is 13.5. The van der Waals surface area contributed by atoms with E-state index in [0.29, 0.717) is 22.9 Å². The van der Waals surface area contributed by atoms with E-state index in [-0.39, 0.29) is 10.7 Å². The molecule has 0 aliphatic carbocycles. The number of nitrogens with zero attached hydrogens (tertiary/aromatic N) is 4. The summed E-state index contributed by atoms with van der Waals surface area (Å²) >= 11 is 2.98. The Balaban J connectivity index is 1.72. The number of rotatable bonds is 4. The second-order valence-electron chi connectivity index (χ2n) is 5.81. The Hall–Kier alpha value is -1.67. The van der Waals surface area contributed by atoms with Crippen molar-refractivity contribution in [2.75, 3.05) is 0 Å². The van der Waals surface area contributed by atoms with Crippen LogP contribution >= 0.6 is 23.1 Å². The van der Waals surface area contributed by atoms with Crippen LogP contribution < -0.4 is 0 Å². The Bertz CT molecular complexity index is 743. The van der Waals surface area contributed by atoms with Gasteiger partial charge in [0.05, 0.1) is 10.1 Å². The Labute approximate surface area is 136 Å². The molecule has 0 radical (unpaired) electrons. The minimum atomic E-state index is -0.161. The summed E-state index contributed by atoms with van der Waals surface area (Å²) in [5.41, 5.74) is -0.161. The molecule has 22 heavy (non-hydrogen) atoms. The maximum Gasteiger partial charge on any atom is 0.277 e. The zero-order chi connectivity index (χ0) is 15.7. The summed E-state index contributed by atoms with van der Waals surface area (Å²) < 4.78 is 11.4. The standard InChI is InChI=1S/C14H16N4O2S2/c1-8(22-13-18-17-12(20-13)14(2,3)4)10-15-16-11(19-10)9-6-5-7-21-9/h5-8H,1-4H3/t8-/m0/s1. The van der Waals surface area contributed by atoms with Gasteiger partial charge in [0.25, 0.3) is 11.1 Å².